The first-order valence-corrected chi connectivity index (χ1v) is 23.9. The van der Waals surface area contributed by atoms with Gasteiger partial charge in [0.25, 0.3) is 11.7 Å². The van der Waals surface area contributed by atoms with E-state index in [0.29, 0.717) is 23.1 Å². The monoisotopic (exact) mass is 1010 g/mol. The van der Waals surface area contributed by atoms with Crippen molar-refractivity contribution >= 4 is 63.5 Å². The zero-order valence-electron chi connectivity index (χ0n) is 41.5. The fraction of sp³-hybridized carbons (Fsp3) is 0.490. The van der Waals surface area contributed by atoms with E-state index in [-0.39, 0.29) is 44.5 Å². The summed E-state index contributed by atoms with van der Waals surface area (Å²) in [4.78, 5) is 42.6. The number of aliphatic hydroxyl groups excluding tert-OH is 2. The third-order valence-corrected chi connectivity index (χ3v) is 13.6. The van der Waals surface area contributed by atoms with Gasteiger partial charge in [-0.25, -0.2) is 0 Å². The van der Waals surface area contributed by atoms with E-state index in [2.05, 4.69) is 20.6 Å². The number of hydrogen-bond donors (Lipinski definition) is 7. The Hall–Kier alpha value is -5.40. The number of allylic oxidation sites excluding steroid dienone is 2. The summed E-state index contributed by atoms with van der Waals surface area (Å²) in [5, 5.41) is 71.2. The number of hydrazone groups is 1. The molecule has 1 amide bonds. The standard InChI is InChI=1S/C43H58N4O12.C8H9Cl2N/c1-21-12-11-13-22(2)42(55)45-33-28(20-44-47-17-15-46(9)16-18-47)37(52)30-31(38(33)53)36(51)26(6)40-32(30)41(54)43(8,59-40)57-19-14-29(56-10)23(3)39(58-27(7)48)25(5)35(50)24(4)34(21)49;1-11-5-6-2-7(9)4-8(10)3-6/h11-14,19-21,23-25,29,34-35,39,49-53H,15-18H2,1-10H3,(H,45,55);2-4,11H,5H2,1H3/b12-11+,19-14+,22-13-,44-20+;/t21-,23+,24+,25+,29-,34-,35+,39+,43-;/m0./s1. The van der Waals surface area contributed by atoms with Crippen molar-refractivity contribution in [2.45, 2.75) is 92.1 Å². The zero-order valence-corrected chi connectivity index (χ0v) is 43.1. The van der Waals surface area contributed by atoms with Crippen molar-refractivity contribution in [1.29, 1.82) is 0 Å². The van der Waals surface area contributed by atoms with Gasteiger partial charge in [0.2, 0.25) is 0 Å². The van der Waals surface area contributed by atoms with E-state index in [1.165, 1.54) is 59.4 Å². The molecule has 3 aromatic rings. The molecule has 7 N–H and O–H groups in total. The summed E-state index contributed by atoms with van der Waals surface area (Å²) in [6, 6.07) is 5.51. The summed E-state index contributed by atoms with van der Waals surface area (Å²) < 4.78 is 23.6. The molecule has 0 spiro atoms. The van der Waals surface area contributed by atoms with E-state index >= 15 is 0 Å². The van der Waals surface area contributed by atoms with Gasteiger partial charge in [-0.2, -0.15) is 5.10 Å². The van der Waals surface area contributed by atoms with Crippen LogP contribution in [0.2, 0.25) is 10.0 Å². The van der Waals surface area contributed by atoms with Crippen molar-refractivity contribution in [3.8, 4) is 23.0 Å². The van der Waals surface area contributed by atoms with Crippen molar-refractivity contribution in [1.82, 2.24) is 15.2 Å². The van der Waals surface area contributed by atoms with E-state index in [0.717, 1.165) is 25.2 Å². The Morgan fingerprint density at radius 3 is 2.19 bits per heavy atom. The van der Waals surface area contributed by atoms with Gasteiger partial charge in [-0.3, -0.25) is 19.4 Å². The second-order valence-corrected chi connectivity index (χ2v) is 19.3. The van der Waals surface area contributed by atoms with Crippen LogP contribution < -0.4 is 15.4 Å². The van der Waals surface area contributed by atoms with Crippen LogP contribution in [0.3, 0.4) is 0 Å². The van der Waals surface area contributed by atoms with Crippen LogP contribution in [0.4, 0.5) is 5.69 Å². The predicted octanol–water partition coefficient (Wildman–Crippen LogP) is 7.05. The molecule has 0 aromatic heterocycles. The number of amides is 1. The van der Waals surface area contributed by atoms with Gasteiger partial charge in [0.05, 0.1) is 53.0 Å². The molecule has 0 radical (unpaired) electrons. The minimum atomic E-state index is -2.04. The van der Waals surface area contributed by atoms with Gasteiger partial charge in [0.1, 0.15) is 23.4 Å². The number of esters is 1. The van der Waals surface area contributed by atoms with E-state index in [9.17, 15) is 39.9 Å². The highest BCUT2D eigenvalue weighted by atomic mass is 35.5. The lowest BCUT2D eigenvalue weighted by molar-refractivity contribution is -0.160. The van der Waals surface area contributed by atoms with Crippen molar-refractivity contribution in [3.63, 3.8) is 0 Å². The predicted molar refractivity (Wildman–Crippen MR) is 270 cm³/mol. The smallest absolute Gasteiger partial charge is 0.312 e. The topological polar surface area (TPSA) is 232 Å². The summed E-state index contributed by atoms with van der Waals surface area (Å²) in [6.07, 6.45) is 4.86. The number of carbonyl (C=O) groups excluding carboxylic acids is 3. The molecule has 1 fully saturated rings. The Labute approximate surface area is 419 Å². The number of carbonyl (C=O) groups is 3. The Balaban J connectivity index is 0.000000729. The highest BCUT2D eigenvalue weighted by molar-refractivity contribution is 6.34. The van der Waals surface area contributed by atoms with Crippen molar-refractivity contribution in [3.05, 3.63) is 86.6 Å². The quantitative estimate of drug-likeness (QED) is 0.0568. The molecular formula is C51H67Cl2N5O12. The maximum absolute atomic E-state index is 14.4. The van der Waals surface area contributed by atoms with Crippen LogP contribution in [0.25, 0.3) is 10.8 Å². The third kappa shape index (κ3) is 12.4. The number of phenols is 3. The average molecular weight is 1010 g/mol. The van der Waals surface area contributed by atoms with Crippen LogP contribution in [0.5, 0.6) is 23.0 Å². The first-order valence-electron chi connectivity index (χ1n) is 23.1. The summed E-state index contributed by atoms with van der Waals surface area (Å²) in [6.45, 7) is 15.9. The number of ketones is 1. The summed E-state index contributed by atoms with van der Waals surface area (Å²) in [5.41, 5.74) is 0.752. The fourth-order valence-electron chi connectivity index (χ4n) is 8.84. The first kappa shape index (κ1) is 55.5. The lowest BCUT2D eigenvalue weighted by atomic mass is 9.78. The average Bonchev–Trinajstić information content (AvgIpc) is 3.57. The van der Waals surface area contributed by atoms with Crippen molar-refractivity contribution in [2.75, 3.05) is 52.7 Å². The Kier molecular flexibility index (Phi) is 18.8. The molecule has 19 heteroatoms. The second-order valence-electron chi connectivity index (χ2n) is 18.4. The third-order valence-electron chi connectivity index (χ3n) is 13.2. The van der Waals surface area contributed by atoms with Gasteiger partial charge < -0.3 is 60.0 Å². The molecule has 1 saturated heterocycles. The minimum absolute atomic E-state index is 0.0559. The van der Waals surface area contributed by atoms with Gasteiger partial charge in [-0.15, -0.1) is 0 Å². The van der Waals surface area contributed by atoms with Gasteiger partial charge >= 0.3 is 11.8 Å². The zero-order chi connectivity index (χ0) is 51.9. The Bertz CT molecular complexity index is 2520. The summed E-state index contributed by atoms with van der Waals surface area (Å²) >= 11 is 11.5. The first-order chi connectivity index (χ1) is 33.0. The van der Waals surface area contributed by atoms with Crippen LogP contribution in [-0.2, 0) is 30.3 Å². The number of hydrogen-bond acceptors (Lipinski definition) is 16. The molecule has 7 rings (SSSR count). The second kappa shape index (κ2) is 23.7. The molecular weight excluding hydrogens is 945 g/mol. The number of Topliss-reactive ketones (excluding diaryl/α,β-unsaturated/α-hetero) is 1. The number of halogens is 2. The van der Waals surface area contributed by atoms with Crippen LogP contribution in [0, 0.1) is 30.6 Å². The number of benzene rings is 3. The van der Waals surface area contributed by atoms with Gasteiger partial charge in [0, 0.05) is 104 Å². The molecule has 4 heterocycles. The lowest BCUT2D eigenvalue weighted by Crippen LogP contribution is -2.46. The number of likely N-dealkylation sites (N-methyl/N-ethyl adjacent to an activating group) is 1. The Morgan fingerprint density at radius 2 is 1.59 bits per heavy atom. The number of fused-ring (bicyclic) bond motifs is 14. The maximum Gasteiger partial charge on any atom is 0.312 e. The molecule has 4 aliphatic rings. The molecule has 3 aromatic carbocycles. The SMILES string of the molecule is CNCc1cc(Cl)cc(Cl)c1.CO[C@H]1/C=C/O[C@@]2(C)Oc3c(C)c(O)c4c(O)c(c(/C=N/N5CCN(C)CC5)c(O)c4c3C2=O)NC(=O)/C(C)=C\C=C\[C@H](C)[C@H](O)[C@@H](C)[C@@H](O)[C@@H](C)[C@H](OC(C)=O)[C@@H]1C. The molecule has 0 saturated carbocycles. The number of nitrogens with one attached hydrogen (secondary N) is 2. The van der Waals surface area contributed by atoms with Gasteiger partial charge in [0.15, 0.2) is 5.75 Å². The fourth-order valence-corrected chi connectivity index (χ4v) is 9.41. The molecule has 382 valence electrons. The molecule has 0 aliphatic carbocycles. The molecule has 0 unspecified atom stereocenters. The van der Waals surface area contributed by atoms with E-state index in [4.69, 9.17) is 42.1 Å². The molecule has 17 nitrogen and oxygen atoms in total. The largest absolute Gasteiger partial charge is 0.507 e. The number of rotatable bonds is 6. The number of ether oxygens (including phenoxy) is 4. The highest BCUT2D eigenvalue weighted by Crippen LogP contribution is 2.55. The van der Waals surface area contributed by atoms with E-state index < -0.39 is 88.8 Å². The van der Waals surface area contributed by atoms with Crippen molar-refractivity contribution in [2.24, 2.45) is 28.8 Å². The van der Waals surface area contributed by atoms with Gasteiger partial charge in [-0.1, -0.05) is 69.1 Å². The highest BCUT2D eigenvalue weighted by Gasteiger charge is 2.50. The number of aliphatic hydroxyl groups is 2. The number of piperazine rings is 1. The van der Waals surface area contributed by atoms with Crippen LogP contribution in [-0.4, -0.2) is 137 Å². The Morgan fingerprint density at radius 1 is 0.943 bits per heavy atom. The summed E-state index contributed by atoms with van der Waals surface area (Å²) in [5.74, 6) is -8.34. The van der Waals surface area contributed by atoms with Crippen molar-refractivity contribution < 1.29 is 58.9 Å². The minimum Gasteiger partial charge on any atom is -0.507 e. The van der Waals surface area contributed by atoms with E-state index in [1.807, 2.05) is 26.2 Å². The van der Waals surface area contributed by atoms with Crippen LogP contribution >= 0.6 is 23.2 Å². The molecule has 9 atom stereocenters. The summed E-state index contributed by atoms with van der Waals surface area (Å²) in [7, 11) is 5.30. The normalized spacial score (nSPS) is 28.6. The van der Waals surface area contributed by atoms with E-state index in [1.54, 1.807) is 50.9 Å². The number of aromatic hydroxyl groups is 3. The number of phenolic OH excluding ortho intramolecular Hbond substituents is 3. The number of anilines is 1. The van der Waals surface area contributed by atoms with Gasteiger partial charge in [-0.05, 0) is 57.8 Å². The van der Waals surface area contributed by atoms with Crippen LogP contribution in [0.15, 0.2) is 59.4 Å². The molecule has 4 aliphatic heterocycles. The lowest BCUT2D eigenvalue weighted by Gasteiger charge is -2.38. The van der Waals surface area contributed by atoms with Crippen LogP contribution in [0.1, 0.15) is 75.5 Å². The number of methoxy groups -OCH3 is 1. The number of nitrogens with zero attached hydrogens (tertiary/aromatic N) is 3. The molecule has 5 bridgehead atoms. The molecule has 70 heavy (non-hydrogen) atoms. The maximum atomic E-state index is 14.4.